The Morgan fingerprint density at radius 1 is 0.641 bits per heavy atom. The number of rotatable bonds is 13. The van der Waals surface area contributed by atoms with Crippen LogP contribution in [0, 0.1) is 23.3 Å². The first-order valence-electron chi connectivity index (χ1n) is 13.6. The maximum absolute atomic E-state index is 15.2. The molecule has 1 nitrogen and oxygen atoms in total. The lowest BCUT2D eigenvalue weighted by atomic mass is 9.97. The minimum Gasteiger partial charge on any atom is -0.493 e. The number of aryl methyl sites for hydroxylation is 4. The monoisotopic (exact) mass is 556 g/mol. The van der Waals surface area contributed by atoms with E-state index in [-0.39, 0.29) is 18.1 Å². The van der Waals surface area contributed by atoms with Gasteiger partial charge in [-0.2, -0.15) is 0 Å². The van der Waals surface area contributed by atoms with Crippen LogP contribution in [0.4, 0.5) is 17.6 Å². The number of hydrogen-bond donors (Lipinski definition) is 0. The number of hydrogen-bond acceptors (Lipinski definition) is 1. The van der Waals surface area contributed by atoms with E-state index in [1.165, 1.54) is 37.5 Å². The molecule has 0 saturated heterocycles. The largest absolute Gasteiger partial charge is 0.493 e. The molecule has 0 unspecified atom stereocenters. The fourth-order valence-corrected chi connectivity index (χ4v) is 4.87. The molecule has 39 heavy (non-hydrogen) atoms. The highest BCUT2D eigenvalue weighted by molar-refractivity contribution is 6.30. The van der Waals surface area contributed by atoms with Crippen LogP contribution in [0.15, 0.2) is 60.7 Å². The fraction of sp³-hybridized carbons (Fsp3) is 0.333. The van der Waals surface area contributed by atoms with Gasteiger partial charge in [0, 0.05) is 11.5 Å². The number of halogens is 5. The van der Waals surface area contributed by atoms with E-state index in [2.05, 4.69) is 6.92 Å². The Labute approximate surface area is 232 Å². The Morgan fingerprint density at radius 2 is 1.33 bits per heavy atom. The van der Waals surface area contributed by atoms with E-state index in [4.69, 9.17) is 16.3 Å². The van der Waals surface area contributed by atoms with Crippen molar-refractivity contribution >= 4 is 22.4 Å². The summed E-state index contributed by atoms with van der Waals surface area (Å²) in [5.74, 6) is -1.72. The van der Waals surface area contributed by atoms with E-state index in [9.17, 15) is 13.2 Å². The van der Waals surface area contributed by atoms with E-state index in [0.717, 1.165) is 23.8 Å². The lowest BCUT2D eigenvalue weighted by molar-refractivity contribution is 0.303. The molecular weight excluding hydrogens is 524 g/mol. The molecule has 0 saturated carbocycles. The summed E-state index contributed by atoms with van der Waals surface area (Å²) < 4.78 is 63.0. The Kier molecular flexibility index (Phi) is 10.3. The van der Waals surface area contributed by atoms with Gasteiger partial charge in [0.25, 0.3) is 0 Å². The summed E-state index contributed by atoms with van der Waals surface area (Å²) >= 11 is 5.54. The Morgan fingerprint density at radius 3 is 2.08 bits per heavy atom. The zero-order valence-corrected chi connectivity index (χ0v) is 22.9. The molecule has 0 N–H and O–H groups in total. The van der Waals surface area contributed by atoms with E-state index in [0.29, 0.717) is 53.7 Å². The van der Waals surface area contributed by atoms with Crippen LogP contribution >= 0.6 is 11.6 Å². The molecule has 4 aromatic carbocycles. The lowest BCUT2D eigenvalue weighted by Gasteiger charge is -2.11. The maximum Gasteiger partial charge on any atom is 0.145 e. The Balaban J connectivity index is 1.34. The summed E-state index contributed by atoms with van der Waals surface area (Å²) in [6, 6.07) is 16.4. The zero-order valence-electron chi connectivity index (χ0n) is 22.1. The normalized spacial score (nSPS) is 11.3. The molecule has 0 aromatic heterocycles. The van der Waals surface area contributed by atoms with Gasteiger partial charge in [0.2, 0.25) is 0 Å². The molecule has 0 heterocycles. The van der Waals surface area contributed by atoms with Crippen molar-refractivity contribution in [2.75, 3.05) is 6.61 Å². The van der Waals surface area contributed by atoms with Gasteiger partial charge in [0.15, 0.2) is 0 Å². The summed E-state index contributed by atoms with van der Waals surface area (Å²) in [5.41, 5.74) is 2.48. The van der Waals surface area contributed by atoms with Crippen LogP contribution in [0.25, 0.3) is 10.8 Å². The molecule has 0 radical (unpaired) electrons. The molecule has 0 aliphatic rings. The van der Waals surface area contributed by atoms with Crippen LogP contribution < -0.4 is 4.74 Å². The summed E-state index contributed by atoms with van der Waals surface area (Å²) in [4.78, 5) is 0. The van der Waals surface area contributed by atoms with Crippen molar-refractivity contribution in [1.82, 2.24) is 0 Å². The smallest absolute Gasteiger partial charge is 0.145 e. The van der Waals surface area contributed by atoms with Crippen LogP contribution in [0.2, 0.25) is 5.02 Å². The predicted octanol–water partition coefficient (Wildman–Crippen LogP) is 9.97. The average Bonchev–Trinajstić information content (AvgIpc) is 2.92. The topological polar surface area (TPSA) is 9.23 Å². The van der Waals surface area contributed by atoms with Crippen molar-refractivity contribution in [2.24, 2.45) is 0 Å². The van der Waals surface area contributed by atoms with Crippen molar-refractivity contribution in [2.45, 2.75) is 64.7 Å². The summed E-state index contributed by atoms with van der Waals surface area (Å²) in [5, 5.41) is 0.691. The van der Waals surface area contributed by atoms with Crippen LogP contribution in [-0.2, 0) is 25.7 Å². The van der Waals surface area contributed by atoms with Gasteiger partial charge in [-0.05, 0) is 77.9 Å². The summed E-state index contributed by atoms with van der Waals surface area (Å²) in [6.45, 7) is 2.77. The third-order valence-electron chi connectivity index (χ3n) is 7.05. The molecule has 206 valence electrons. The van der Waals surface area contributed by atoms with E-state index in [1.54, 1.807) is 18.2 Å². The van der Waals surface area contributed by atoms with Gasteiger partial charge in [-0.15, -0.1) is 0 Å². The minimum absolute atomic E-state index is 0.278. The summed E-state index contributed by atoms with van der Waals surface area (Å²) in [7, 11) is 0. The Hall–Kier alpha value is -3.05. The van der Waals surface area contributed by atoms with Crippen molar-refractivity contribution in [3.8, 4) is 5.75 Å². The van der Waals surface area contributed by atoms with Crippen LogP contribution in [0.5, 0.6) is 5.75 Å². The number of unbranched alkanes of at least 4 members (excludes halogenated alkanes) is 4. The number of ether oxygens (including phenoxy) is 1. The van der Waals surface area contributed by atoms with Crippen LogP contribution in [-0.4, -0.2) is 6.61 Å². The van der Waals surface area contributed by atoms with E-state index in [1.807, 2.05) is 24.3 Å². The Bertz CT molecular complexity index is 1400. The SMILES string of the molecule is CCCCCCCOc1ccc(CCc2ccc3c(F)c(CCc4cc(F)c(Cl)c(F)c4)ccc3c2)c(F)c1. The van der Waals surface area contributed by atoms with Gasteiger partial charge < -0.3 is 4.74 Å². The zero-order chi connectivity index (χ0) is 27.8. The molecule has 0 spiro atoms. The number of fused-ring (bicyclic) bond motifs is 1. The second-order valence-electron chi connectivity index (χ2n) is 9.98. The second-order valence-corrected chi connectivity index (χ2v) is 10.4. The highest BCUT2D eigenvalue weighted by Gasteiger charge is 2.12. The van der Waals surface area contributed by atoms with Gasteiger partial charge in [-0.3, -0.25) is 0 Å². The standard InChI is InChI=1S/C33H33ClF4O/c1-2-3-4-5-6-17-39-27-15-14-24(29(35)21-27)10-7-22-9-16-28-26(18-22)13-12-25(33(28)38)11-8-23-19-30(36)32(34)31(37)20-23/h9,12-16,18-21H,2-8,10-11,17H2,1H3. The van der Waals surface area contributed by atoms with E-state index < -0.39 is 16.7 Å². The molecule has 0 bridgehead atoms. The fourth-order valence-electron chi connectivity index (χ4n) is 4.76. The molecule has 4 rings (SSSR count). The van der Waals surface area contributed by atoms with Gasteiger partial charge in [-0.1, -0.05) is 80.6 Å². The molecular formula is C33H33ClF4O. The quantitative estimate of drug-likeness (QED) is 0.0904. The van der Waals surface area contributed by atoms with E-state index >= 15 is 4.39 Å². The third-order valence-corrected chi connectivity index (χ3v) is 7.41. The van der Waals surface area contributed by atoms with Gasteiger partial charge >= 0.3 is 0 Å². The second kappa shape index (κ2) is 13.8. The van der Waals surface area contributed by atoms with Gasteiger partial charge in [0.05, 0.1) is 6.61 Å². The molecule has 0 amide bonds. The maximum atomic E-state index is 15.2. The predicted molar refractivity (Wildman–Crippen MR) is 151 cm³/mol. The first-order chi connectivity index (χ1) is 18.9. The highest BCUT2D eigenvalue weighted by Crippen LogP contribution is 2.26. The highest BCUT2D eigenvalue weighted by atomic mass is 35.5. The van der Waals surface area contributed by atoms with Crippen LogP contribution in [0.1, 0.15) is 61.3 Å². The molecule has 0 atom stereocenters. The van der Waals surface area contributed by atoms with Gasteiger partial charge in [0.1, 0.15) is 34.0 Å². The average molecular weight is 557 g/mol. The van der Waals surface area contributed by atoms with Crippen molar-refractivity contribution < 1.29 is 22.3 Å². The lowest BCUT2D eigenvalue weighted by Crippen LogP contribution is -2.00. The first-order valence-corrected chi connectivity index (χ1v) is 14.0. The molecule has 0 fully saturated rings. The number of benzene rings is 4. The first kappa shape index (κ1) is 28.9. The molecule has 4 aromatic rings. The summed E-state index contributed by atoms with van der Waals surface area (Å²) in [6.07, 6.45) is 7.42. The molecule has 0 aliphatic carbocycles. The minimum atomic E-state index is -0.824. The van der Waals surface area contributed by atoms with Gasteiger partial charge in [-0.25, -0.2) is 17.6 Å². The molecule has 0 aliphatic heterocycles. The third kappa shape index (κ3) is 7.76. The van der Waals surface area contributed by atoms with Crippen molar-refractivity contribution in [3.63, 3.8) is 0 Å². The molecule has 6 heteroatoms. The van der Waals surface area contributed by atoms with Crippen molar-refractivity contribution in [3.05, 3.63) is 111 Å². The van der Waals surface area contributed by atoms with Crippen LogP contribution in [0.3, 0.4) is 0 Å². The van der Waals surface area contributed by atoms with Crippen molar-refractivity contribution in [1.29, 1.82) is 0 Å².